The summed E-state index contributed by atoms with van der Waals surface area (Å²) in [5.74, 6) is 1.44. The van der Waals surface area contributed by atoms with Gasteiger partial charge >= 0.3 is 0 Å². The van der Waals surface area contributed by atoms with Crippen molar-refractivity contribution < 1.29 is 26.8 Å². The first-order valence-corrected chi connectivity index (χ1v) is 12.1. The summed E-state index contributed by atoms with van der Waals surface area (Å²) in [7, 11) is -2.48. The fourth-order valence-electron chi connectivity index (χ4n) is 3.83. The lowest BCUT2D eigenvalue weighted by Gasteiger charge is -2.21. The Balaban J connectivity index is 1.63. The van der Waals surface area contributed by atoms with E-state index < -0.39 is 10.0 Å². The van der Waals surface area contributed by atoms with Gasteiger partial charge in [0.15, 0.2) is 5.78 Å². The van der Waals surface area contributed by atoms with Crippen LogP contribution in [-0.4, -0.2) is 36.7 Å². The number of hydrogen-bond acceptors (Lipinski definition) is 6. The molecular formula is C25H26N2O6S. The number of benzene rings is 1. The van der Waals surface area contributed by atoms with Crippen LogP contribution in [0, 0.1) is 13.8 Å². The number of aryl methyl sites for hydroxylation is 1. The number of ketones is 1. The number of rotatable bonds is 10. The van der Waals surface area contributed by atoms with Crippen LogP contribution < -0.4 is 4.74 Å². The minimum Gasteiger partial charge on any atom is -0.497 e. The molecule has 0 fully saturated rings. The third kappa shape index (κ3) is 4.85. The molecule has 178 valence electrons. The molecule has 0 atom stereocenters. The SMILES string of the molecule is COc1ccc(S(=O)(=O)N(CC(=O)c2cc(C)n(Cc3ccco3)c2C)Cc2ccco2)cc1. The average molecular weight is 483 g/mol. The Bertz CT molecular complexity index is 1350. The number of sulfonamides is 1. The topological polar surface area (TPSA) is 94.9 Å². The van der Waals surface area contributed by atoms with E-state index >= 15 is 0 Å². The van der Waals surface area contributed by atoms with Crippen LogP contribution >= 0.6 is 0 Å². The predicted molar refractivity (Wildman–Crippen MR) is 125 cm³/mol. The molecule has 0 unspecified atom stereocenters. The third-order valence-electron chi connectivity index (χ3n) is 5.70. The molecule has 0 aliphatic carbocycles. The van der Waals surface area contributed by atoms with Gasteiger partial charge in [0.25, 0.3) is 0 Å². The number of carbonyl (C=O) groups is 1. The van der Waals surface area contributed by atoms with Crippen LogP contribution in [0.15, 0.2) is 80.9 Å². The summed E-state index contributed by atoms with van der Waals surface area (Å²) in [4.78, 5) is 13.4. The molecule has 3 heterocycles. The summed E-state index contributed by atoms with van der Waals surface area (Å²) < 4.78 is 46.0. The van der Waals surface area contributed by atoms with Gasteiger partial charge in [-0.2, -0.15) is 4.31 Å². The number of aromatic nitrogens is 1. The maximum atomic E-state index is 13.5. The quantitative estimate of drug-likeness (QED) is 0.311. The molecule has 0 spiro atoms. The first-order chi connectivity index (χ1) is 16.3. The maximum absolute atomic E-state index is 13.5. The zero-order valence-electron chi connectivity index (χ0n) is 19.2. The van der Waals surface area contributed by atoms with Crippen LogP contribution in [0.3, 0.4) is 0 Å². The summed E-state index contributed by atoms with van der Waals surface area (Å²) in [6.45, 7) is 3.83. The van der Waals surface area contributed by atoms with Crippen LogP contribution in [0.2, 0.25) is 0 Å². The van der Waals surface area contributed by atoms with E-state index in [2.05, 4.69) is 0 Å². The lowest BCUT2D eigenvalue weighted by molar-refractivity contribution is 0.0962. The van der Waals surface area contributed by atoms with Gasteiger partial charge in [-0.05, 0) is 68.4 Å². The molecule has 0 N–H and O–H groups in total. The zero-order chi connectivity index (χ0) is 24.3. The molecule has 0 saturated heterocycles. The maximum Gasteiger partial charge on any atom is 0.243 e. The molecule has 0 saturated carbocycles. The molecule has 0 radical (unpaired) electrons. The number of carbonyl (C=O) groups excluding carboxylic acids is 1. The van der Waals surface area contributed by atoms with Crippen LogP contribution in [0.1, 0.15) is 33.3 Å². The van der Waals surface area contributed by atoms with Crippen LogP contribution in [0.25, 0.3) is 0 Å². The van der Waals surface area contributed by atoms with Gasteiger partial charge in [0.05, 0.1) is 44.2 Å². The van der Waals surface area contributed by atoms with E-state index in [0.29, 0.717) is 23.6 Å². The molecule has 34 heavy (non-hydrogen) atoms. The van der Waals surface area contributed by atoms with Crippen molar-refractivity contribution in [1.29, 1.82) is 0 Å². The van der Waals surface area contributed by atoms with E-state index in [-0.39, 0.29) is 23.8 Å². The summed E-state index contributed by atoms with van der Waals surface area (Å²) in [5, 5.41) is 0. The number of methoxy groups -OCH3 is 1. The van der Waals surface area contributed by atoms with Gasteiger partial charge in [0.1, 0.15) is 17.3 Å². The summed E-state index contributed by atoms with van der Waals surface area (Å²) in [6.07, 6.45) is 3.07. The van der Waals surface area contributed by atoms with Crippen LogP contribution in [0.5, 0.6) is 5.75 Å². The van der Waals surface area contributed by atoms with E-state index in [0.717, 1.165) is 21.5 Å². The van der Waals surface area contributed by atoms with E-state index in [4.69, 9.17) is 13.6 Å². The minimum absolute atomic E-state index is 0.0657. The highest BCUT2D eigenvalue weighted by Crippen LogP contribution is 2.24. The summed E-state index contributed by atoms with van der Waals surface area (Å²) >= 11 is 0. The van der Waals surface area contributed by atoms with Gasteiger partial charge in [-0.25, -0.2) is 8.42 Å². The monoisotopic (exact) mass is 482 g/mol. The van der Waals surface area contributed by atoms with Crippen molar-refractivity contribution >= 4 is 15.8 Å². The number of ether oxygens (including phenoxy) is 1. The van der Waals surface area contributed by atoms with Gasteiger partial charge in [-0.3, -0.25) is 4.79 Å². The van der Waals surface area contributed by atoms with Gasteiger partial charge in [0.2, 0.25) is 10.0 Å². The van der Waals surface area contributed by atoms with Crippen molar-refractivity contribution in [2.24, 2.45) is 0 Å². The lowest BCUT2D eigenvalue weighted by Crippen LogP contribution is -2.35. The number of furan rings is 2. The van der Waals surface area contributed by atoms with E-state index in [1.54, 1.807) is 36.6 Å². The lowest BCUT2D eigenvalue weighted by atomic mass is 10.1. The third-order valence-corrected chi connectivity index (χ3v) is 7.50. The van der Waals surface area contributed by atoms with Crippen molar-refractivity contribution in [3.63, 3.8) is 0 Å². The predicted octanol–water partition coefficient (Wildman–Crippen LogP) is 4.42. The Morgan fingerprint density at radius 1 is 1.00 bits per heavy atom. The standard InChI is InChI=1S/C25H26N2O6S/c1-18-14-24(19(2)27(18)16-22-7-5-13-33-22)25(28)17-26(15-21-6-4-12-32-21)34(29,30)23-10-8-20(31-3)9-11-23/h4-14H,15-17H2,1-3H3. The van der Waals surface area contributed by atoms with Gasteiger partial charge in [-0.15, -0.1) is 0 Å². The zero-order valence-corrected chi connectivity index (χ0v) is 20.0. The molecular weight excluding hydrogens is 456 g/mol. The van der Waals surface area contributed by atoms with Crippen molar-refractivity contribution in [2.45, 2.75) is 31.8 Å². The van der Waals surface area contributed by atoms with E-state index in [9.17, 15) is 13.2 Å². The van der Waals surface area contributed by atoms with Gasteiger partial charge in [-0.1, -0.05) is 0 Å². The summed E-state index contributed by atoms with van der Waals surface area (Å²) in [6, 6.07) is 14.9. The van der Waals surface area contributed by atoms with Crippen molar-refractivity contribution in [3.8, 4) is 5.75 Å². The smallest absolute Gasteiger partial charge is 0.243 e. The highest BCUT2D eigenvalue weighted by molar-refractivity contribution is 7.89. The number of nitrogens with zero attached hydrogens (tertiary/aromatic N) is 2. The molecule has 3 aromatic heterocycles. The number of hydrogen-bond donors (Lipinski definition) is 0. The van der Waals surface area contributed by atoms with E-state index in [1.807, 2.05) is 30.5 Å². The second-order valence-corrected chi connectivity index (χ2v) is 9.84. The first-order valence-electron chi connectivity index (χ1n) is 10.7. The molecule has 0 bridgehead atoms. The molecule has 0 aliphatic heterocycles. The van der Waals surface area contributed by atoms with Crippen LogP contribution in [0.4, 0.5) is 0 Å². The van der Waals surface area contributed by atoms with Crippen LogP contribution in [-0.2, 0) is 23.1 Å². The Kier molecular flexibility index (Phi) is 6.76. The Morgan fingerprint density at radius 2 is 1.65 bits per heavy atom. The molecule has 4 rings (SSSR count). The highest BCUT2D eigenvalue weighted by atomic mass is 32.2. The second kappa shape index (κ2) is 9.74. The Labute approximate surface area is 198 Å². The van der Waals surface area contributed by atoms with Gasteiger partial charge in [0, 0.05) is 17.0 Å². The largest absolute Gasteiger partial charge is 0.497 e. The van der Waals surface area contributed by atoms with Crippen molar-refractivity contribution in [1.82, 2.24) is 8.87 Å². The Hall–Kier alpha value is -3.56. The van der Waals surface area contributed by atoms with Crippen molar-refractivity contribution in [3.05, 3.63) is 95.6 Å². The summed E-state index contributed by atoms with van der Waals surface area (Å²) in [5.41, 5.74) is 2.10. The first kappa shape index (κ1) is 23.6. The highest BCUT2D eigenvalue weighted by Gasteiger charge is 2.29. The van der Waals surface area contributed by atoms with E-state index in [1.165, 1.54) is 25.5 Å². The van der Waals surface area contributed by atoms with Gasteiger partial charge < -0.3 is 18.1 Å². The second-order valence-electron chi connectivity index (χ2n) is 7.90. The fraction of sp³-hybridized carbons (Fsp3) is 0.240. The van der Waals surface area contributed by atoms with Crippen molar-refractivity contribution in [2.75, 3.05) is 13.7 Å². The molecule has 0 aliphatic rings. The minimum atomic E-state index is -3.99. The molecule has 1 aromatic carbocycles. The average Bonchev–Trinajstić information content (AvgIpc) is 3.58. The number of Topliss-reactive ketones (excluding diaryl/α,β-unsaturated/α-hetero) is 1. The molecule has 0 amide bonds. The Morgan fingerprint density at radius 3 is 2.24 bits per heavy atom. The molecule has 9 heteroatoms. The fourth-order valence-corrected chi connectivity index (χ4v) is 5.19. The molecule has 4 aromatic rings. The molecule has 8 nitrogen and oxygen atoms in total. The normalized spacial score (nSPS) is 11.8.